The van der Waals surface area contributed by atoms with Gasteiger partial charge in [0.05, 0.1) is 19.8 Å². The minimum absolute atomic E-state index is 0.293. The summed E-state index contributed by atoms with van der Waals surface area (Å²) in [5.41, 5.74) is 1.36. The number of hydrogen-bond acceptors (Lipinski definition) is 4. The molecule has 1 aromatic rings. The lowest BCUT2D eigenvalue weighted by Gasteiger charge is -2.38. The predicted octanol–water partition coefficient (Wildman–Crippen LogP) is 2.07. The second-order valence-electron chi connectivity index (χ2n) is 5.24. The molecule has 112 valence electrons. The fourth-order valence-electron chi connectivity index (χ4n) is 2.91. The highest BCUT2D eigenvalue weighted by Gasteiger charge is 2.26. The van der Waals surface area contributed by atoms with Gasteiger partial charge in [0.1, 0.15) is 5.75 Å². The topological polar surface area (TPSA) is 33.7 Å². The second-order valence-corrected chi connectivity index (χ2v) is 5.24. The van der Waals surface area contributed by atoms with Crippen molar-refractivity contribution in [3.8, 4) is 5.75 Å². The molecule has 0 aromatic heterocycles. The van der Waals surface area contributed by atoms with Crippen LogP contribution in [0, 0.1) is 0 Å². The van der Waals surface area contributed by atoms with Crippen molar-refractivity contribution in [2.24, 2.45) is 0 Å². The zero-order valence-electron chi connectivity index (χ0n) is 12.8. The van der Waals surface area contributed by atoms with Gasteiger partial charge in [0.25, 0.3) is 0 Å². The first-order chi connectivity index (χ1) is 9.78. The van der Waals surface area contributed by atoms with Crippen molar-refractivity contribution in [2.45, 2.75) is 25.5 Å². The van der Waals surface area contributed by atoms with Crippen LogP contribution in [0.15, 0.2) is 24.3 Å². The van der Waals surface area contributed by atoms with E-state index in [1.165, 1.54) is 5.56 Å². The molecule has 0 bridgehead atoms. The molecule has 0 saturated carbocycles. The third-order valence-corrected chi connectivity index (χ3v) is 3.93. The summed E-state index contributed by atoms with van der Waals surface area (Å²) in [5.74, 6) is 0.915. The molecule has 0 amide bonds. The van der Waals surface area contributed by atoms with E-state index in [2.05, 4.69) is 29.3 Å². The molecule has 20 heavy (non-hydrogen) atoms. The Morgan fingerprint density at radius 2 is 2.15 bits per heavy atom. The van der Waals surface area contributed by atoms with Gasteiger partial charge in [-0.05, 0) is 31.2 Å². The molecule has 2 rings (SSSR count). The molecule has 1 N–H and O–H groups in total. The average molecular weight is 278 g/mol. The Morgan fingerprint density at radius 1 is 1.40 bits per heavy atom. The van der Waals surface area contributed by atoms with Gasteiger partial charge in [0.15, 0.2) is 0 Å². The molecule has 0 aliphatic carbocycles. The molecule has 1 aliphatic heterocycles. The number of ether oxygens (including phenoxy) is 2. The number of methoxy groups -OCH3 is 1. The molecule has 2 unspecified atom stereocenters. The van der Waals surface area contributed by atoms with Crippen LogP contribution in [0.4, 0.5) is 0 Å². The van der Waals surface area contributed by atoms with Crippen LogP contribution < -0.4 is 10.1 Å². The maximum Gasteiger partial charge on any atom is 0.118 e. The van der Waals surface area contributed by atoms with Gasteiger partial charge in [0.2, 0.25) is 0 Å². The van der Waals surface area contributed by atoms with E-state index in [9.17, 15) is 0 Å². The lowest BCUT2D eigenvalue weighted by molar-refractivity contribution is -0.0424. The van der Waals surface area contributed by atoms with E-state index >= 15 is 0 Å². The number of benzene rings is 1. The maximum absolute atomic E-state index is 5.79. The predicted molar refractivity (Wildman–Crippen MR) is 81.3 cm³/mol. The number of nitrogens with one attached hydrogen (secondary N) is 1. The van der Waals surface area contributed by atoms with Crippen molar-refractivity contribution in [3.63, 3.8) is 0 Å². The fourth-order valence-corrected chi connectivity index (χ4v) is 2.91. The third-order valence-electron chi connectivity index (χ3n) is 3.93. The quantitative estimate of drug-likeness (QED) is 0.863. The number of hydrogen-bond donors (Lipinski definition) is 1. The van der Waals surface area contributed by atoms with Gasteiger partial charge in [-0.25, -0.2) is 0 Å². The number of morpholine rings is 1. The summed E-state index contributed by atoms with van der Waals surface area (Å²) < 4.78 is 11.0. The van der Waals surface area contributed by atoms with Crippen LogP contribution in [0.25, 0.3) is 0 Å². The summed E-state index contributed by atoms with van der Waals surface area (Å²) in [4.78, 5) is 2.54. The molecule has 1 saturated heterocycles. The summed E-state index contributed by atoms with van der Waals surface area (Å²) in [6.45, 7) is 5.97. The van der Waals surface area contributed by atoms with E-state index in [4.69, 9.17) is 9.47 Å². The Kier molecular flexibility index (Phi) is 5.83. The van der Waals surface area contributed by atoms with Crippen molar-refractivity contribution >= 4 is 0 Å². The van der Waals surface area contributed by atoms with E-state index in [0.717, 1.165) is 38.4 Å². The van der Waals surface area contributed by atoms with Gasteiger partial charge >= 0.3 is 0 Å². The van der Waals surface area contributed by atoms with Crippen LogP contribution in [0.1, 0.15) is 24.9 Å². The van der Waals surface area contributed by atoms with Crippen molar-refractivity contribution in [1.82, 2.24) is 10.2 Å². The Hall–Kier alpha value is -1.10. The highest BCUT2D eigenvalue weighted by Crippen LogP contribution is 2.27. The molecule has 4 nitrogen and oxygen atoms in total. The highest BCUT2D eigenvalue weighted by molar-refractivity contribution is 5.29. The molecular weight excluding hydrogens is 252 g/mol. The minimum Gasteiger partial charge on any atom is -0.497 e. The summed E-state index contributed by atoms with van der Waals surface area (Å²) in [6, 6.07) is 8.90. The van der Waals surface area contributed by atoms with Crippen LogP contribution in [-0.4, -0.2) is 51.4 Å². The van der Waals surface area contributed by atoms with Crippen LogP contribution in [0.3, 0.4) is 0 Å². The molecule has 0 spiro atoms. The first-order valence-electron chi connectivity index (χ1n) is 7.42. The molecule has 1 heterocycles. The molecule has 1 aliphatic rings. The van der Waals surface area contributed by atoms with Gasteiger partial charge in [0, 0.05) is 25.7 Å². The largest absolute Gasteiger partial charge is 0.497 e. The first-order valence-corrected chi connectivity index (χ1v) is 7.42. The van der Waals surface area contributed by atoms with Gasteiger partial charge in [-0.2, -0.15) is 0 Å². The lowest BCUT2D eigenvalue weighted by atomic mass is 10.0. The molecule has 1 aromatic carbocycles. The number of likely N-dealkylation sites (N-methyl/N-ethyl adjacent to an activating group) is 1. The molecular formula is C16H26N2O2. The normalized spacial score (nSPS) is 21.6. The van der Waals surface area contributed by atoms with Crippen LogP contribution in [-0.2, 0) is 4.74 Å². The zero-order valence-corrected chi connectivity index (χ0v) is 12.8. The van der Waals surface area contributed by atoms with Gasteiger partial charge < -0.3 is 14.8 Å². The fraction of sp³-hybridized carbons (Fsp3) is 0.625. The Balaban J connectivity index is 2.06. The van der Waals surface area contributed by atoms with Crippen LogP contribution >= 0.6 is 0 Å². The van der Waals surface area contributed by atoms with E-state index < -0.39 is 0 Å². The second kappa shape index (κ2) is 7.62. The SMILES string of the molecule is CCC(c1ccc(OC)cc1)N1CCOC(CNC)C1. The van der Waals surface area contributed by atoms with E-state index in [-0.39, 0.29) is 0 Å². The monoisotopic (exact) mass is 278 g/mol. The molecule has 2 atom stereocenters. The van der Waals surface area contributed by atoms with Crippen LogP contribution in [0.2, 0.25) is 0 Å². The average Bonchev–Trinajstić information content (AvgIpc) is 2.49. The first kappa shape index (κ1) is 15.3. The molecule has 4 heteroatoms. The third kappa shape index (κ3) is 3.72. The standard InChI is InChI=1S/C16H26N2O2/c1-4-16(13-5-7-14(19-3)8-6-13)18-9-10-20-15(12-18)11-17-2/h5-8,15-17H,4,9-12H2,1-3H3. The Morgan fingerprint density at radius 3 is 2.75 bits per heavy atom. The Bertz CT molecular complexity index is 392. The maximum atomic E-state index is 5.79. The molecule has 0 radical (unpaired) electrons. The Labute approximate surface area is 122 Å². The van der Waals surface area contributed by atoms with Gasteiger partial charge in [-0.15, -0.1) is 0 Å². The highest BCUT2D eigenvalue weighted by atomic mass is 16.5. The zero-order chi connectivity index (χ0) is 14.4. The van der Waals surface area contributed by atoms with Gasteiger partial charge in [-0.3, -0.25) is 4.90 Å². The number of nitrogens with zero attached hydrogens (tertiary/aromatic N) is 1. The van der Waals surface area contributed by atoms with E-state index in [1.807, 2.05) is 19.2 Å². The van der Waals surface area contributed by atoms with E-state index in [0.29, 0.717) is 12.1 Å². The number of rotatable bonds is 6. The molecule has 1 fully saturated rings. The summed E-state index contributed by atoms with van der Waals surface area (Å²) in [7, 11) is 3.68. The van der Waals surface area contributed by atoms with Crippen molar-refractivity contribution in [3.05, 3.63) is 29.8 Å². The smallest absolute Gasteiger partial charge is 0.118 e. The lowest BCUT2D eigenvalue weighted by Crippen LogP contribution is -2.47. The summed E-state index contributed by atoms with van der Waals surface area (Å²) >= 11 is 0. The minimum atomic E-state index is 0.293. The summed E-state index contributed by atoms with van der Waals surface area (Å²) in [6.07, 6.45) is 1.40. The van der Waals surface area contributed by atoms with Crippen molar-refractivity contribution in [1.29, 1.82) is 0 Å². The van der Waals surface area contributed by atoms with E-state index in [1.54, 1.807) is 7.11 Å². The van der Waals surface area contributed by atoms with Crippen molar-refractivity contribution < 1.29 is 9.47 Å². The summed E-state index contributed by atoms with van der Waals surface area (Å²) in [5, 5.41) is 3.20. The van der Waals surface area contributed by atoms with Crippen molar-refractivity contribution in [2.75, 3.05) is 40.4 Å². The van der Waals surface area contributed by atoms with Gasteiger partial charge in [-0.1, -0.05) is 19.1 Å². The van der Waals surface area contributed by atoms with Crippen LogP contribution in [0.5, 0.6) is 5.75 Å².